The minimum Gasteiger partial charge on any atom is -0.313 e. The Labute approximate surface area is 102 Å². The zero-order valence-corrected chi connectivity index (χ0v) is 11.6. The van der Waals surface area contributed by atoms with Crippen molar-refractivity contribution in [1.29, 1.82) is 0 Å². The fraction of sp³-hybridized carbons (Fsp3) is 1.00. The van der Waals surface area contributed by atoms with Crippen LogP contribution in [-0.4, -0.2) is 36.6 Å². The van der Waals surface area contributed by atoms with E-state index in [0.717, 1.165) is 24.5 Å². The Hall–Kier alpha value is -0.0800. The Kier molecular flexibility index (Phi) is 6.37. The van der Waals surface area contributed by atoms with Crippen molar-refractivity contribution in [3.05, 3.63) is 0 Å². The van der Waals surface area contributed by atoms with E-state index < -0.39 is 0 Å². The lowest BCUT2D eigenvalue weighted by atomic mass is 10.0. The largest absolute Gasteiger partial charge is 0.313 e. The van der Waals surface area contributed by atoms with Crippen molar-refractivity contribution in [2.75, 3.05) is 19.6 Å². The van der Waals surface area contributed by atoms with E-state index in [4.69, 9.17) is 0 Å². The molecule has 1 fully saturated rings. The van der Waals surface area contributed by atoms with Gasteiger partial charge >= 0.3 is 0 Å². The molecule has 96 valence electrons. The van der Waals surface area contributed by atoms with Crippen LogP contribution in [0.2, 0.25) is 0 Å². The average Bonchev–Trinajstić information content (AvgIpc) is 2.74. The molecule has 0 heterocycles. The van der Waals surface area contributed by atoms with E-state index in [1.165, 1.54) is 38.8 Å². The molecule has 1 saturated carbocycles. The molecule has 3 atom stereocenters. The third kappa shape index (κ3) is 3.74. The molecule has 0 amide bonds. The van der Waals surface area contributed by atoms with E-state index in [-0.39, 0.29) is 0 Å². The number of nitrogens with zero attached hydrogens (tertiary/aromatic N) is 1. The number of hydrogen-bond acceptors (Lipinski definition) is 2. The summed E-state index contributed by atoms with van der Waals surface area (Å²) in [6.07, 6.45) is 5.46. The lowest BCUT2D eigenvalue weighted by Crippen LogP contribution is -2.48. The van der Waals surface area contributed by atoms with Crippen molar-refractivity contribution in [1.82, 2.24) is 10.2 Å². The Morgan fingerprint density at radius 2 is 2.00 bits per heavy atom. The maximum absolute atomic E-state index is 3.66. The van der Waals surface area contributed by atoms with Crippen LogP contribution in [0.4, 0.5) is 0 Å². The van der Waals surface area contributed by atoms with Gasteiger partial charge in [-0.25, -0.2) is 0 Å². The predicted octanol–water partition coefficient (Wildman–Crippen LogP) is 2.89. The van der Waals surface area contributed by atoms with E-state index in [0.29, 0.717) is 0 Å². The summed E-state index contributed by atoms with van der Waals surface area (Å²) in [5, 5.41) is 3.66. The van der Waals surface area contributed by atoms with Crippen LogP contribution in [0, 0.1) is 5.92 Å². The number of likely N-dealkylation sites (N-methyl/N-ethyl adjacent to an activating group) is 2. The molecule has 1 N–H and O–H groups in total. The molecule has 0 aromatic rings. The molecule has 0 aromatic carbocycles. The number of hydrogen-bond donors (Lipinski definition) is 1. The van der Waals surface area contributed by atoms with E-state index in [2.05, 4.69) is 37.9 Å². The summed E-state index contributed by atoms with van der Waals surface area (Å²) in [6, 6.07) is 1.54. The summed E-state index contributed by atoms with van der Waals surface area (Å²) in [5.41, 5.74) is 0. The summed E-state index contributed by atoms with van der Waals surface area (Å²) >= 11 is 0. The van der Waals surface area contributed by atoms with Crippen molar-refractivity contribution in [2.24, 2.45) is 5.92 Å². The summed E-state index contributed by atoms with van der Waals surface area (Å²) in [5.74, 6) is 0.836. The standard InChI is InChI=1S/C14H30N2/c1-5-12(4)11-16(7-3)14-10-8-9-13(14)15-6-2/h12-15H,5-11H2,1-4H3. The lowest BCUT2D eigenvalue weighted by Gasteiger charge is -2.34. The zero-order chi connectivity index (χ0) is 12.0. The van der Waals surface area contributed by atoms with Crippen molar-refractivity contribution >= 4 is 0 Å². The molecule has 0 radical (unpaired) electrons. The monoisotopic (exact) mass is 226 g/mol. The van der Waals surface area contributed by atoms with Crippen LogP contribution >= 0.6 is 0 Å². The van der Waals surface area contributed by atoms with Crippen molar-refractivity contribution in [2.45, 2.75) is 65.5 Å². The average molecular weight is 226 g/mol. The van der Waals surface area contributed by atoms with E-state index in [1.807, 2.05) is 0 Å². The van der Waals surface area contributed by atoms with Crippen molar-refractivity contribution in [3.8, 4) is 0 Å². The minimum absolute atomic E-state index is 0.744. The fourth-order valence-corrected chi connectivity index (χ4v) is 2.91. The molecule has 1 rings (SSSR count). The van der Waals surface area contributed by atoms with Gasteiger partial charge in [-0.05, 0) is 31.8 Å². The third-order valence-corrected chi connectivity index (χ3v) is 4.06. The van der Waals surface area contributed by atoms with Crippen LogP contribution in [-0.2, 0) is 0 Å². The van der Waals surface area contributed by atoms with Crippen LogP contribution in [0.25, 0.3) is 0 Å². The zero-order valence-electron chi connectivity index (χ0n) is 11.6. The first-order valence-corrected chi connectivity index (χ1v) is 7.20. The molecule has 1 aliphatic carbocycles. The molecule has 2 nitrogen and oxygen atoms in total. The highest BCUT2D eigenvalue weighted by molar-refractivity contribution is 4.90. The maximum Gasteiger partial charge on any atom is 0.0249 e. The lowest BCUT2D eigenvalue weighted by molar-refractivity contribution is 0.157. The second-order valence-corrected chi connectivity index (χ2v) is 5.26. The number of rotatable bonds is 7. The van der Waals surface area contributed by atoms with Gasteiger partial charge in [-0.3, -0.25) is 4.90 Å². The Balaban J connectivity index is 2.50. The molecule has 1 aliphatic rings. The first-order valence-electron chi connectivity index (χ1n) is 7.20. The topological polar surface area (TPSA) is 15.3 Å². The van der Waals surface area contributed by atoms with Gasteiger partial charge < -0.3 is 5.32 Å². The second kappa shape index (κ2) is 7.29. The van der Waals surface area contributed by atoms with Gasteiger partial charge in [0.25, 0.3) is 0 Å². The molecule has 0 bridgehead atoms. The number of nitrogens with one attached hydrogen (secondary N) is 1. The molecule has 0 aliphatic heterocycles. The van der Waals surface area contributed by atoms with E-state index in [1.54, 1.807) is 0 Å². The van der Waals surface area contributed by atoms with Gasteiger partial charge in [-0.15, -0.1) is 0 Å². The first kappa shape index (κ1) is 14.0. The normalized spacial score (nSPS) is 27.6. The third-order valence-electron chi connectivity index (χ3n) is 4.06. The first-order chi connectivity index (χ1) is 7.72. The SMILES string of the molecule is CCNC1CCCC1N(CC)CC(C)CC. The van der Waals surface area contributed by atoms with Gasteiger partial charge in [0.05, 0.1) is 0 Å². The van der Waals surface area contributed by atoms with Crippen LogP contribution in [0.3, 0.4) is 0 Å². The second-order valence-electron chi connectivity index (χ2n) is 5.26. The molecular weight excluding hydrogens is 196 g/mol. The predicted molar refractivity (Wildman–Crippen MR) is 71.8 cm³/mol. The summed E-state index contributed by atoms with van der Waals surface area (Å²) in [4.78, 5) is 2.70. The molecule has 0 saturated heterocycles. The van der Waals surface area contributed by atoms with E-state index in [9.17, 15) is 0 Å². The van der Waals surface area contributed by atoms with Gasteiger partial charge in [0, 0.05) is 18.6 Å². The van der Waals surface area contributed by atoms with Crippen LogP contribution in [0.15, 0.2) is 0 Å². The Bertz CT molecular complexity index is 182. The van der Waals surface area contributed by atoms with Crippen LogP contribution < -0.4 is 5.32 Å². The van der Waals surface area contributed by atoms with Crippen molar-refractivity contribution in [3.63, 3.8) is 0 Å². The van der Waals surface area contributed by atoms with Gasteiger partial charge in [0.15, 0.2) is 0 Å². The van der Waals surface area contributed by atoms with E-state index >= 15 is 0 Å². The molecular formula is C14H30N2. The highest BCUT2D eigenvalue weighted by atomic mass is 15.2. The van der Waals surface area contributed by atoms with Gasteiger partial charge in [-0.1, -0.05) is 40.5 Å². The smallest absolute Gasteiger partial charge is 0.0249 e. The summed E-state index contributed by atoms with van der Waals surface area (Å²) in [7, 11) is 0. The van der Waals surface area contributed by atoms with Crippen LogP contribution in [0.5, 0.6) is 0 Å². The highest BCUT2D eigenvalue weighted by Crippen LogP contribution is 2.25. The molecule has 0 aromatic heterocycles. The minimum atomic E-state index is 0.744. The Morgan fingerprint density at radius 1 is 1.25 bits per heavy atom. The van der Waals surface area contributed by atoms with Gasteiger partial charge in [-0.2, -0.15) is 0 Å². The summed E-state index contributed by atoms with van der Waals surface area (Å²) in [6.45, 7) is 12.8. The maximum atomic E-state index is 3.66. The Morgan fingerprint density at radius 3 is 2.56 bits per heavy atom. The molecule has 2 heteroatoms. The molecule has 0 spiro atoms. The van der Waals surface area contributed by atoms with Crippen molar-refractivity contribution < 1.29 is 0 Å². The van der Waals surface area contributed by atoms with Crippen LogP contribution in [0.1, 0.15) is 53.4 Å². The van der Waals surface area contributed by atoms with Gasteiger partial charge in [0.2, 0.25) is 0 Å². The fourth-order valence-electron chi connectivity index (χ4n) is 2.91. The molecule has 3 unspecified atom stereocenters. The molecule has 16 heavy (non-hydrogen) atoms. The van der Waals surface area contributed by atoms with Gasteiger partial charge in [0.1, 0.15) is 0 Å². The summed E-state index contributed by atoms with van der Waals surface area (Å²) < 4.78 is 0. The highest BCUT2D eigenvalue weighted by Gasteiger charge is 2.30. The quantitative estimate of drug-likeness (QED) is 0.718.